The van der Waals surface area contributed by atoms with Crippen molar-refractivity contribution in [3.8, 4) is 11.1 Å². The molecule has 1 fully saturated rings. The van der Waals surface area contributed by atoms with Gasteiger partial charge < -0.3 is 20.1 Å². The molecule has 0 aliphatic carbocycles. The predicted octanol–water partition coefficient (Wildman–Crippen LogP) is 11.3. The molecule has 260 valence electrons. The Morgan fingerprint density at radius 2 is 1.48 bits per heavy atom. The molecule has 0 bridgehead atoms. The fourth-order valence-corrected chi connectivity index (χ4v) is 5.32. The number of carbonyl (C=O) groups is 1. The first-order valence-electron chi connectivity index (χ1n) is 17.7. The maximum absolute atomic E-state index is 11.0. The Balaban J connectivity index is -0.000000809. The lowest BCUT2D eigenvalue weighted by atomic mass is 9.92. The average molecular weight is 635 g/mol. The zero-order valence-electron chi connectivity index (χ0n) is 31.0. The second-order valence-electron chi connectivity index (χ2n) is 11.3. The predicted molar refractivity (Wildman–Crippen MR) is 209 cm³/mol. The molecule has 1 heterocycles. The van der Waals surface area contributed by atoms with E-state index in [0.29, 0.717) is 11.7 Å². The molecule has 1 unspecified atom stereocenters. The van der Waals surface area contributed by atoms with Gasteiger partial charge in [0, 0.05) is 48.3 Å². The van der Waals surface area contributed by atoms with Crippen LogP contribution in [0.1, 0.15) is 118 Å². The molecule has 1 saturated heterocycles. The Labute approximate surface area is 286 Å². The molecule has 1 atom stereocenters. The van der Waals surface area contributed by atoms with Gasteiger partial charge in [-0.15, -0.1) is 0 Å². The number of benzene rings is 3. The van der Waals surface area contributed by atoms with E-state index >= 15 is 0 Å². The fourth-order valence-electron chi connectivity index (χ4n) is 5.32. The van der Waals surface area contributed by atoms with Crippen LogP contribution in [0.5, 0.6) is 0 Å². The average Bonchev–Trinajstić information content (AvgIpc) is 3.10. The van der Waals surface area contributed by atoms with Crippen LogP contribution in [0.2, 0.25) is 0 Å². The van der Waals surface area contributed by atoms with E-state index in [1.165, 1.54) is 64.8 Å². The molecule has 1 aliphatic heterocycles. The Kier molecular flexibility index (Phi) is 25.1. The number of hydrogen-bond donors (Lipinski definition) is 2. The van der Waals surface area contributed by atoms with Gasteiger partial charge in [-0.3, -0.25) is 0 Å². The van der Waals surface area contributed by atoms with Crippen LogP contribution in [0.3, 0.4) is 0 Å². The smallest absolute Gasteiger partial charge is 0.129 e. The number of nitrogens with zero attached hydrogens (tertiary/aromatic N) is 1. The summed E-state index contributed by atoms with van der Waals surface area (Å²) in [6.45, 7) is 22.8. The lowest BCUT2D eigenvalue weighted by Gasteiger charge is -2.29. The number of carbonyl (C=O) groups excluding carboxylic acids is 1. The summed E-state index contributed by atoms with van der Waals surface area (Å²) in [6.07, 6.45) is 10.9. The third-order valence-electron chi connectivity index (χ3n) is 7.83. The Bertz CT molecular complexity index is 1220. The van der Waals surface area contributed by atoms with Gasteiger partial charge in [0.05, 0.1) is 0 Å². The van der Waals surface area contributed by atoms with Gasteiger partial charge in [0.1, 0.15) is 5.78 Å². The minimum absolute atomic E-state index is 0. The van der Waals surface area contributed by atoms with E-state index in [4.69, 9.17) is 5.11 Å². The number of Topliss-reactive ketones (excluding diaryl/α,β-unsaturated/α-hetero) is 1. The van der Waals surface area contributed by atoms with Crippen LogP contribution in [0.4, 0.5) is 5.69 Å². The summed E-state index contributed by atoms with van der Waals surface area (Å²) in [6, 6.07) is 24.5. The molecule has 1 aliphatic rings. The molecule has 46 heavy (non-hydrogen) atoms. The maximum Gasteiger partial charge on any atom is 0.129 e. The topological polar surface area (TPSA) is 52.6 Å². The van der Waals surface area contributed by atoms with Crippen LogP contribution in [-0.4, -0.2) is 44.2 Å². The number of allylic oxidation sites excluding steroid dienone is 1. The van der Waals surface area contributed by atoms with Crippen LogP contribution >= 0.6 is 0 Å². The Morgan fingerprint density at radius 1 is 0.870 bits per heavy atom. The summed E-state index contributed by atoms with van der Waals surface area (Å²) in [5, 5.41) is 10.4. The summed E-state index contributed by atoms with van der Waals surface area (Å²) in [5.41, 5.74) is 9.29. The van der Waals surface area contributed by atoms with Crippen molar-refractivity contribution in [2.75, 3.05) is 38.2 Å². The van der Waals surface area contributed by atoms with E-state index in [2.05, 4.69) is 117 Å². The highest BCUT2D eigenvalue weighted by molar-refractivity contribution is 5.75. The summed E-state index contributed by atoms with van der Waals surface area (Å²) in [5.74, 6) is 0.904. The molecule has 0 saturated carbocycles. The second kappa shape index (κ2) is 27.0. The van der Waals surface area contributed by atoms with Gasteiger partial charge in [-0.1, -0.05) is 121 Å². The normalized spacial score (nSPS) is 12.6. The Morgan fingerprint density at radius 3 is 2.04 bits per heavy atom. The molecule has 0 radical (unpaired) electrons. The van der Waals surface area contributed by atoms with E-state index in [1.54, 1.807) is 6.92 Å². The van der Waals surface area contributed by atoms with Crippen molar-refractivity contribution < 1.29 is 12.8 Å². The fraction of sp³-hybridized carbons (Fsp3) is 0.500. The van der Waals surface area contributed by atoms with Crippen molar-refractivity contribution >= 4 is 17.5 Å². The number of aliphatic hydroxyl groups is 1. The van der Waals surface area contributed by atoms with Crippen molar-refractivity contribution in [1.82, 2.24) is 5.32 Å². The number of ketones is 1. The van der Waals surface area contributed by atoms with Gasteiger partial charge in [-0.05, 0) is 92.0 Å². The van der Waals surface area contributed by atoms with Gasteiger partial charge in [-0.25, -0.2) is 0 Å². The van der Waals surface area contributed by atoms with E-state index < -0.39 is 0 Å². The number of hydrogen-bond acceptors (Lipinski definition) is 4. The number of nitrogens with one attached hydrogen (secondary N) is 1. The van der Waals surface area contributed by atoms with Crippen LogP contribution in [-0.2, 0) is 4.79 Å². The van der Waals surface area contributed by atoms with Crippen molar-refractivity contribution in [2.24, 2.45) is 0 Å². The first-order chi connectivity index (χ1) is 22.4. The second-order valence-corrected chi connectivity index (χ2v) is 11.3. The highest BCUT2D eigenvalue weighted by Gasteiger charge is 2.10. The largest absolute Gasteiger partial charge is 0.400 e. The summed E-state index contributed by atoms with van der Waals surface area (Å²) >= 11 is 0. The van der Waals surface area contributed by atoms with E-state index in [1.807, 2.05) is 27.7 Å². The molecule has 4 heteroatoms. The van der Waals surface area contributed by atoms with Gasteiger partial charge in [0.25, 0.3) is 0 Å². The minimum atomic E-state index is 0. The number of anilines is 1. The molecule has 2 N–H and O–H groups in total. The zero-order chi connectivity index (χ0) is 34.7. The first-order valence-corrected chi connectivity index (χ1v) is 17.7. The van der Waals surface area contributed by atoms with Crippen molar-refractivity contribution in [3.63, 3.8) is 0 Å². The third-order valence-corrected chi connectivity index (χ3v) is 7.83. The quantitative estimate of drug-likeness (QED) is 0.206. The number of rotatable bonds is 11. The van der Waals surface area contributed by atoms with E-state index in [9.17, 15) is 4.79 Å². The SMILES string of the molecule is C/C=C\c1ccc(-c2ccc(C(C)CCCCCCC(C)=O)cc2)cc1C.CC.CC.CO.Cc1cccc(N2CCNCC2)c1.[HH].[HH]. The van der Waals surface area contributed by atoms with Crippen molar-refractivity contribution in [3.05, 3.63) is 95.1 Å². The van der Waals surface area contributed by atoms with Gasteiger partial charge in [0.15, 0.2) is 0 Å². The summed E-state index contributed by atoms with van der Waals surface area (Å²) in [7, 11) is 1.00. The molecule has 0 aromatic heterocycles. The zero-order valence-corrected chi connectivity index (χ0v) is 31.0. The number of aryl methyl sites for hydroxylation is 2. The molecule has 3 aromatic rings. The standard InChI is InChI=1S/C26H34O.C11H16N2.2C2H6.CH4O.2H2/c1-5-10-23-15-18-26(19-21(23)3)25-16-13-24(14-17-25)20(2)11-8-6-7-9-12-22(4)27;1-10-3-2-4-11(9-10)13-7-5-12-6-8-13;3*1-2;;/h5,10,13-20H,6-9,11-12H2,1-4H3;2-4,9,12H,5-8H2,1H3;2*1-2H3;2H,1H3;2*1H/b10-5-;;;;;;. The molecule has 0 amide bonds. The molecular formula is C42H70N2O2. The van der Waals surface area contributed by atoms with Crippen molar-refractivity contribution in [2.45, 2.75) is 107 Å². The Hall–Kier alpha value is -3.21. The van der Waals surface area contributed by atoms with Crippen LogP contribution in [0.25, 0.3) is 17.2 Å². The highest BCUT2D eigenvalue weighted by atomic mass is 16.2. The van der Waals surface area contributed by atoms with Gasteiger partial charge in [-0.2, -0.15) is 0 Å². The van der Waals surface area contributed by atoms with E-state index in [0.717, 1.165) is 46.1 Å². The van der Waals surface area contributed by atoms with Crippen LogP contribution in [0.15, 0.2) is 72.8 Å². The van der Waals surface area contributed by atoms with Crippen LogP contribution in [0, 0.1) is 13.8 Å². The summed E-state index contributed by atoms with van der Waals surface area (Å²) < 4.78 is 0. The van der Waals surface area contributed by atoms with E-state index in [-0.39, 0.29) is 2.85 Å². The number of aliphatic hydroxyl groups excluding tert-OH is 1. The van der Waals surface area contributed by atoms with Crippen molar-refractivity contribution in [1.29, 1.82) is 0 Å². The third kappa shape index (κ3) is 16.9. The molecular weight excluding hydrogens is 564 g/mol. The van der Waals surface area contributed by atoms with Gasteiger partial charge >= 0.3 is 0 Å². The monoisotopic (exact) mass is 635 g/mol. The van der Waals surface area contributed by atoms with Crippen LogP contribution < -0.4 is 10.2 Å². The molecule has 4 rings (SSSR count). The highest BCUT2D eigenvalue weighted by Crippen LogP contribution is 2.27. The van der Waals surface area contributed by atoms with Gasteiger partial charge in [0.2, 0.25) is 0 Å². The lowest BCUT2D eigenvalue weighted by molar-refractivity contribution is -0.117. The molecule has 3 aromatic carbocycles. The minimum Gasteiger partial charge on any atom is -0.400 e. The molecule has 0 spiro atoms. The number of piperazine rings is 1. The molecule has 4 nitrogen and oxygen atoms in total. The number of unbranched alkanes of at least 4 members (excludes halogenated alkanes) is 3. The lowest BCUT2D eigenvalue weighted by Crippen LogP contribution is -2.43. The first kappa shape index (κ1) is 42.8. The maximum atomic E-state index is 11.0. The summed E-state index contributed by atoms with van der Waals surface area (Å²) in [4.78, 5) is 13.4.